The van der Waals surface area contributed by atoms with E-state index >= 15 is 0 Å². The Morgan fingerprint density at radius 2 is 1.93 bits per heavy atom. The normalized spacial score (nSPS) is 20.9. The van der Waals surface area contributed by atoms with Crippen molar-refractivity contribution in [2.24, 2.45) is 5.41 Å². The summed E-state index contributed by atoms with van der Waals surface area (Å²) < 4.78 is 13.4. The van der Waals surface area contributed by atoms with Gasteiger partial charge in [-0.15, -0.1) is 0 Å². The second kappa shape index (κ2) is 7.19. The number of hydrogen-bond acceptors (Lipinski definition) is 5. The minimum absolute atomic E-state index is 0.260. The SMILES string of the molecule is COc1ccccc1-c1cnc2n1C[C@@]1(CCN(Cc3cccnc3OC)C1)C2. The molecular weight excluding hydrogens is 364 g/mol. The van der Waals surface area contributed by atoms with Crippen molar-refractivity contribution in [2.75, 3.05) is 27.3 Å². The van der Waals surface area contributed by atoms with Crippen LogP contribution >= 0.6 is 0 Å². The van der Waals surface area contributed by atoms with E-state index in [1.807, 2.05) is 24.4 Å². The Bertz CT molecular complexity index is 1030. The molecule has 0 bridgehead atoms. The Hall–Kier alpha value is -2.86. The zero-order chi connectivity index (χ0) is 19.8. The molecule has 2 aromatic heterocycles. The topological polar surface area (TPSA) is 52.4 Å². The molecule has 2 aliphatic heterocycles. The van der Waals surface area contributed by atoms with Gasteiger partial charge < -0.3 is 14.0 Å². The van der Waals surface area contributed by atoms with Gasteiger partial charge in [0.25, 0.3) is 0 Å². The number of fused-ring (bicyclic) bond motifs is 1. The van der Waals surface area contributed by atoms with E-state index in [2.05, 4.69) is 32.7 Å². The van der Waals surface area contributed by atoms with Gasteiger partial charge in [0.15, 0.2) is 0 Å². The zero-order valence-electron chi connectivity index (χ0n) is 17.0. The summed E-state index contributed by atoms with van der Waals surface area (Å²) in [5.74, 6) is 2.81. The van der Waals surface area contributed by atoms with Crippen molar-refractivity contribution >= 4 is 0 Å². The van der Waals surface area contributed by atoms with Crippen LogP contribution in [0.3, 0.4) is 0 Å². The molecule has 0 unspecified atom stereocenters. The van der Waals surface area contributed by atoms with Crippen LogP contribution in [-0.4, -0.2) is 46.7 Å². The highest BCUT2D eigenvalue weighted by Crippen LogP contribution is 2.44. The van der Waals surface area contributed by atoms with Crippen LogP contribution in [0, 0.1) is 5.41 Å². The lowest BCUT2D eigenvalue weighted by atomic mass is 9.86. The first-order valence-electron chi connectivity index (χ1n) is 10.1. The second-order valence-corrected chi connectivity index (χ2v) is 8.16. The van der Waals surface area contributed by atoms with E-state index in [1.54, 1.807) is 20.4 Å². The lowest BCUT2D eigenvalue weighted by molar-refractivity contribution is 0.244. The summed E-state index contributed by atoms with van der Waals surface area (Å²) in [6, 6.07) is 12.3. The largest absolute Gasteiger partial charge is 0.496 e. The first-order valence-corrected chi connectivity index (χ1v) is 10.1. The molecule has 6 heteroatoms. The number of likely N-dealkylation sites (tertiary alicyclic amines) is 1. The molecule has 2 aliphatic rings. The predicted molar refractivity (Wildman–Crippen MR) is 111 cm³/mol. The van der Waals surface area contributed by atoms with Gasteiger partial charge in [-0.05, 0) is 31.2 Å². The third kappa shape index (κ3) is 3.17. The van der Waals surface area contributed by atoms with E-state index in [-0.39, 0.29) is 5.41 Å². The summed E-state index contributed by atoms with van der Waals surface area (Å²) in [5.41, 5.74) is 3.68. The van der Waals surface area contributed by atoms with E-state index in [1.165, 1.54) is 12.2 Å². The van der Waals surface area contributed by atoms with Crippen LogP contribution in [0.1, 0.15) is 17.8 Å². The summed E-state index contributed by atoms with van der Waals surface area (Å²) in [4.78, 5) is 11.6. The average molecular weight is 390 g/mol. The number of pyridine rings is 1. The molecule has 1 saturated heterocycles. The smallest absolute Gasteiger partial charge is 0.217 e. The van der Waals surface area contributed by atoms with Crippen molar-refractivity contribution in [3.63, 3.8) is 0 Å². The molecule has 0 saturated carbocycles. The third-order valence-electron chi connectivity index (χ3n) is 6.30. The number of aromatic nitrogens is 3. The zero-order valence-corrected chi connectivity index (χ0v) is 17.0. The summed E-state index contributed by atoms with van der Waals surface area (Å²) in [7, 11) is 3.41. The van der Waals surface area contributed by atoms with Gasteiger partial charge in [-0.3, -0.25) is 4.90 Å². The van der Waals surface area contributed by atoms with E-state index in [4.69, 9.17) is 14.5 Å². The first kappa shape index (κ1) is 18.2. The fourth-order valence-corrected chi connectivity index (χ4v) is 4.93. The maximum Gasteiger partial charge on any atom is 0.217 e. The van der Waals surface area contributed by atoms with Gasteiger partial charge in [0.1, 0.15) is 11.6 Å². The molecule has 0 N–H and O–H groups in total. The number of benzene rings is 1. The van der Waals surface area contributed by atoms with E-state index in [0.717, 1.165) is 61.1 Å². The van der Waals surface area contributed by atoms with Gasteiger partial charge in [-0.25, -0.2) is 9.97 Å². The van der Waals surface area contributed by atoms with Crippen LogP contribution in [0.4, 0.5) is 0 Å². The van der Waals surface area contributed by atoms with Crippen LogP contribution in [0.15, 0.2) is 48.8 Å². The predicted octanol–water partition coefficient (Wildman–Crippen LogP) is 3.41. The minimum Gasteiger partial charge on any atom is -0.496 e. The third-order valence-corrected chi connectivity index (χ3v) is 6.30. The average Bonchev–Trinajstić information content (AvgIpc) is 3.43. The molecule has 1 spiro atoms. The molecule has 1 aromatic carbocycles. The number of para-hydroxylation sites is 1. The summed E-state index contributed by atoms with van der Waals surface area (Å²) >= 11 is 0. The number of methoxy groups -OCH3 is 2. The number of imidazole rings is 1. The van der Waals surface area contributed by atoms with Gasteiger partial charge >= 0.3 is 0 Å². The van der Waals surface area contributed by atoms with Crippen LogP contribution < -0.4 is 9.47 Å². The monoisotopic (exact) mass is 390 g/mol. The van der Waals surface area contributed by atoms with Crippen molar-refractivity contribution in [3.05, 3.63) is 60.2 Å². The molecule has 3 aromatic rings. The van der Waals surface area contributed by atoms with Gasteiger partial charge in [-0.2, -0.15) is 0 Å². The molecule has 0 aliphatic carbocycles. The molecule has 5 rings (SSSR count). The number of nitrogens with zero attached hydrogens (tertiary/aromatic N) is 4. The van der Waals surface area contributed by atoms with Crippen molar-refractivity contribution in [1.29, 1.82) is 0 Å². The van der Waals surface area contributed by atoms with E-state index in [9.17, 15) is 0 Å². The first-order chi connectivity index (χ1) is 14.2. The molecule has 6 nitrogen and oxygen atoms in total. The highest BCUT2D eigenvalue weighted by molar-refractivity contribution is 5.67. The number of hydrogen-bond donors (Lipinski definition) is 0. The highest BCUT2D eigenvalue weighted by Gasteiger charge is 2.44. The van der Waals surface area contributed by atoms with E-state index < -0.39 is 0 Å². The molecule has 29 heavy (non-hydrogen) atoms. The molecular formula is C23H26N4O2. The van der Waals surface area contributed by atoms with Gasteiger partial charge in [0.05, 0.1) is 26.1 Å². The van der Waals surface area contributed by atoms with Crippen LogP contribution in [0.5, 0.6) is 11.6 Å². The summed E-state index contributed by atoms with van der Waals surface area (Å²) in [6.07, 6.45) is 5.99. The number of rotatable bonds is 5. The molecule has 0 radical (unpaired) electrons. The molecule has 4 heterocycles. The van der Waals surface area contributed by atoms with Crippen LogP contribution in [0.2, 0.25) is 0 Å². The Labute approximate surface area is 171 Å². The Morgan fingerprint density at radius 3 is 2.79 bits per heavy atom. The molecule has 150 valence electrons. The maximum absolute atomic E-state index is 5.58. The summed E-state index contributed by atoms with van der Waals surface area (Å²) in [6.45, 7) is 4.05. The second-order valence-electron chi connectivity index (χ2n) is 8.16. The lowest BCUT2D eigenvalue weighted by Gasteiger charge is -2.24. The standard InChI is InChI=1S/C23H26N4O2/c1-28-20-8-4-3-7-18(20)19-13-25-21-12-23(16-27(19)21)9-11-26(15-23)14-17-6-5-10-24-22(17)29-2/h3-8,10,13H,9,11-12,14-16H2,1-2H3/t23-/m0/s1. The quantitative estimate of drug-likeness (QED) is 0.668. The Morgan fingerprint density at radius 1 is 1.03 bits per heavy atom. The molecule has 0 amide bonds. The minimum atomic E-state index is 0.260. The van der Waals surface area contributed by atoms with Crippen LogP contribution in [0.25, 0.3) is 11.3 Å². The molecule has 1 fully saturated rings. The molecule has 1 atom stereocenters. The van der Waals surface area contributed by atoms with E-state index in [0.29, 0.717) is 0 Å². The van der Waals surface area contributed by atoms with Crippen LogP contribution in [-0.2, 0) is 19.5 Å². The highest BCUT2D eigenvalue weighted by atomic mass is 16.5. The van der Waals surface area contributed by atoms with Gasteiger partial charge in [0.2, 0.25) is 5.88 Å². The van der Waals surface area contributed by atoms with Gasteiger partial charge in [0, 0.05) is 48.8 Å². The van der Waals surface area contributed by atoms with Gasteiger partial charge in [-0.1, -0.05) is 18.2 Å². The Balaban J connectivity index is 1.35. The summed E-state index contributed by atoms with van der Waals surface area (Å²) in [5, 5.41) is 0. The lowest BCUT2D eigenvalue weighted by Crippen LogP contribution is -2.28. The fraction of sp³-hybridized carbons (Fsp3) is 0.391. The number of ether oxygens (including phenoxy) is 2. The van der Waals surface area contributed by atoms with Crippen molar-refractivity contribution in [3.8, 4) is 22.9 Å². The van der Waals surface area contributed by atoms with Crippen molar-refractivity contribution in [2.45, 2.75) is 25.9 Å². The maximum atomic E-state index is 5.58. The fourth-order valence-electron chi connectivity index (χ4n) is 4.93. The van der Waals surface area contributed by atoms with Crippen molar-refractivity contribution < 1.29 is 9.47 Å². The van der Waals surface area contributed by atoms with Crippen molar-refractivity contribution in [1.82, 2.24) is 19.4 Å². The Kier molecular flexibility index (Phi) is 4.51.